The molecule has 2 aliphatic heterocycles. The second-order valence-electron chi connectivity index (χ2n) is 5.62. The fourth-order valence-corrected chi connectivity index (χ4v) is 7.80. The first-order valence-electron chi connectivity index (χ1n) is 7.32. The van der Waals surface area contributed by atoms with Gasteiger partial charge in [-0.2, -0.15) is 0 Å². The van der Waals surface area contributed by atoms with E-state index in [4.69, 9.17) is 0 Å². The molecule has 0 spiro atoms. The van der Waals surface area contributed by atoms with Gasteiger partial charge in [0.25, 0.3) is 0 Å². The van der Waals surface area contributed by atoms with E-state index < -0.39 is 0 Å². The summed E-state index contributed by atoms with van der Waals surface area (Å²) in [6, 6.07) is 5.37. The van der Waals surface area contributed by atoms with Crippen molar-refractivity contribution in [3.63, 3.8) is 0 Å². The number of hydrogen-bond donors (Lipinski definition) is 0. The third kappa shape index (κ3) is 3.17. The van der Waals surface area contributed by atoms with Gasteiger partial charge >= 0.3 is 0 Å². The van der Waals surface area contributed by atoms with Crippen molar-refractivity contribution in [2.24, 2.45) is 0 Å². The maximum atomic E-state index is 2.61. The molecule has 1 unspecified atom stereocenters. The third-order valence-electron chi connectivity index (χ3n) is 4.28. The van der Waals surface area contributed by atoms with Crippen molar-refractivity contribution in [1.29, 1.82) is 0 Å². The molecule has 4 heteroatoms. The summed E-state index contributed by atoms with van der Waals surface area (Å²) >= 11 is 6.38. The number of hydrogen-bond acceptors (Lipinski definition) is 4. The zero-order valence-electron chi connectivity index (χ0n) is 11.6. The second-order valence-corrected chi connectivity index (χ2v) is 9.61. The Morgan fingerprint density at radius 1 is 1.26 bits per heavy atom. The van der Waals surface area contributed by atoms with Gasteiger partial charge in [0.1, 0.15) is 0 Å². The number of thioether (sulfide) groups is 2. The average Bonchev–Trinajstić information content (AvgIpc) is 2.97. The normalized spacial score (nSPS) is 28.4. The fourth-order valence-electron chi connectivity index (χ4n) is 3.14. The van der Waals surface area contributed by atoms with E-state index in [0.717, 1.165) is 6.04 Å². The molecule has 1 nitrogen and oxygen atoms in total. The summed E-state index contributed by atoms with van der Waals surface area (Å²) in [4.78, 5) is 4.20. The molecule has 106 valence electrons. The first-order chi connectivity index (χ1) is 9.30. The number of piperidine rings is 1. The summed E-state index contributed by atoms with van der Waals surface area (Å²) in [5.74, 6) is 2.67. The maximum absolute atomic E-state index is 2.61. The van der Waals surface area contributed by atoms with E-state index in [2.05, 4.69) is 53.0 Å². The Bertz CT molecular complexity index is 384. The molecule has 1 aromatic rings. The van der Waals surface area contributed by atoms with Crippen LogP contribution in [0.3, 0.4) is 0 Å². The van der Waals surface area contributed by atoms with Crippen molar-refractivity contribution in [1.82, 2.24) is 4.90 Å². The molecule has 19 heavy (non-hydrogen) atoms. The van der Waals surface area contributed by atoms with Crippen LogP contribution in [0.15, 0.2) is 17.5 Å². The van der Waals surface area contributed by atoms with Crippen LogP contribution in [-0.2, 0) is 4.08 Å². The molecule has 2 aliphatic rings. The number of likely N-dealkylation sites (tertiary alicyclic amines) is 1. The predicted molar refractivity (Wildman–Crippen MR) is 90.4 cm³/mol. The quantitative estimate of drug-likeness (QED) is 0.800. The van der Waals surface area contributed by atoms with Gasteiger partial charge in [0.15, 0.2) is 0 Å². The first kappa shape index (κ1) is 14.3. The third-order valence-corrected chi connectivity index (χ3v) is 8.97. The summed E-state index contributed by atoms with van der Waals surface area (Å²) in [5, 5.41) is 2.25. The molecule has 1 aromatic heterocycles. The van der Waals surface area contributed by atoms with Crippen molar-refractivity contribution < 1.29 is 0 Å². The highest BCUT2D eigenvalue weighted by Crippen LogP contribution is 2.55. The van der Waals surface area contributed by atoms with Crippen molar-refractivity contribution in [3.8, 4) is 0 Å². The van der Waals surface area contributed by atoms with Crippen molar-refractivity contribution in [2.75, 3.05) is 25.1 Å². The molecule has 0 radical (unpaired) electrons. The highest BCUT2D eigenvalue weighted by Gasteiger charge is 2.39. The van der Waals surface area contributed by atoms with Crippen LogP contribution < -0.4 is 0 Å². The van der Waals surface area contributed by atoms with Gasteiger partial charge < -0.3 is 4.90 Å². The number of nitrogens with zero attached hydrogens (tertiary/aromatic N) is 1. The molecular formula is C15H23NS3. The lowest BCUT2D eigenvalue weighted by molar-refractivity contribution is 0.173. The second kappa shape index (κ2) is 6.42. The minimum Gasteiger partial charge on any atom is -0.303 e. The van der Waals surface area contributed by atoms with Crippen molar-refractivity contribution >= 4 is 34.9 Å². The zero-order valence-corrected chi connectivity index (χ0v) is 14.1. The zero-order chi connectivity index (χ0) is 13.1. The van der Waals surface area contributed by atoms with E-state index in [1.54, 1.807) is 4.88 Å². The van der Waals surface area contributed by atoms with Crippen LogP contribution in [-0.4, -0.2) is 36.0 Å². The SMILES string of the molecule is CN1CCCCC1CC1(c2cccs2)SCCCS1. The Morgan fingerprint density at radius 3 is 2.79 bits per heavy atom. The van der Waals surface area contributed by atoms with E-state index in [0.29, 0.717) is 4.08 Å². The predicted octanol–water partition coefficient (Wildman–Crippen LogP) is 4.65. The summed E-state index contributed by atoms with van der Waals surface area (Å²) in [6.07, 6.45) is 6.91. The lowest BCUT2D eigenvalue weighted by Crippen LogP contribution is -2.40. The highest BCUT2D eigenvalue weighted by molar-refractivity contribution is 8.18. The minimum atomic E-state index is 0.350. The van der Waals surface area contributed by atoms with Gasteiger partial charge in [-0.05, 0) is 62.2 Å². The van der Waals surface area contributed by atoms with Crippen LogP contribution in [0.5, 0.6) is 0 Å². The molecule has 0 bridgehead atoms. The van der Waals surface area contributed by atoms with E-state index in [1.807, 2.05) is 11.3 Å². The van der Waals surface area contributed by atoms with Gasteiger partial charge in [-0.3, -0.25) is 0 Å². The van der Waals surface area contributed by atoms with Crippen LogP contribution in [0.25, 0.3) is 0 Å². The molecule has 2 fully saturated rings. The molecule has 1 atom stereocenters. The Balaban J connectivity index is 1.79. The van der Waals surface area contributed by atoms with Gasteiger partial charge in [-0.1, -0.05) is 12.5 Å². The molecule has 0 amide bonds. The first-order valence-corrected chi connectivity index (χ1v) is 10.2. The van der Waals surface area contributed by atoms with E-state index >= 15 is 0 Å². The van der Waals surface area contributed by atoms with Gasteiger partial charge in [-0.25, -0.2) is 0 Å². The molecule has 0 aliphatic carbocycles. The maximum Gasteiger partial charge on any atom is 0.0966 e. The lowest BCUT2D eigenvalue weighted by atomic mass is 9.98. The molecule has 2 saturated heterocycles. The summed E-state index contributed by atoms with van der Waals surface area (Å²) in [6.45, 7) is 1.29. The average molecular weight is 314 g/mol. The van der Waals surface area contributed by atoms with Crippen LogP contribution in [0.1, 0.15) is 37.0 Å². The van der Waals surface area contributed by atoms with E-state index in [1.165, 1.54) is 50.2 Å². The van der Waals surface area contributed by atoms with Gasteiger partial charge in [0.2, 0.25) is 0 Å². The minimum absolute atomic E-state index is 0.350. The molecule has 3 heterocycles. The smallest absolute Gasteiger partial charge is 0.0966 e. The monoisotopic (exact) mass is 313 g/mol. The van der Waals surface area contributed by atoms with Crippen molar-refractivity contribution in [2.45, 2.75) is 42.2 Å². The Morgan fingerprint density at radius 2 is 2.11 bits per heavy atom. The molecule has 0 saturated carbocycles. The van der Waals surface area contributed by atoms with Gasteiger partial charge in [0, 0.05) is 10.9 Å². The Hall–Kier alpha value is 0.360. The Kier molecular flexibility index (Phi) is 4.83. The van der Waals surface area contributed by atoms with Crippen LogP contribution >= 0.6 is 34.9 Å². The highest BCUT2D eigenvalue weighted by atomic mass is 32.2. The number of thiophene rings is 1. The van der Waals surface area contributed by atoms with Crippen LogP contribution in [0, 0.1) is 0 Å². The standard InChI is InChI=1S/C15H23NS3/c1-16-8-3-2-6-13(16)12-15(14-7-4-9-17-14)18-10-5-11-19-15/h4,7,9,13H,2-3,5-6,8,10-12H2,1H3. The van der Waals surface area contributed by atoms with Crippen LogP contribution in [0.4, 0.5) is 0 Å². The summed E-state index contributed by atoms with van der Waals surface area (Å²) < 4.78 is 0.350. The number of rotatable bonds is 3. The fraction of sp³-hybridized carbons (Fsp3) is 0.733. The summed E-state index contributed by atoms with van der Waals surface area (Å²) in [7, 11) is 2.32. The van der Waals surface area contributed by atoms with Gasteiger partial charge in [0.05, 0.1) is 4.08 Å². The summed E-state index contributed by atoms with van der Waals surface area (Å²) in [5.41, 5.74) is 0. The lowest BCUT2D eigenvalue weighted by Gasteiger charge is -2.42. The molecule has 3 rings (SSSR count). The molecule has 0 aromatic carbocycles. The Labute approximate surface area is 129 Å². The largest absolute Gasteiger partial charge is 0.303 e. The topological polar surface area (TPSA) is 3.24 Å². The van der Waals surface area contributed by atoms with Crippen LogP contribution in [0.2, 0.25) is 0 Å². The van der Waals surface area contributed by atoms with E-state index in [-0.39, 0.29) is 0 Å². The van der Waals surface area contributed by atoms with Gasteiger partial charge in [-0.15, -0.1) is 34.9 Å². The molecule has 0 N–H and O–H groups in total. The van der Waals surface area contributed by atoms with Crippen molar-refractivity contribution in [3.05, 3.63) is 22.4 Å². The van der Waals surface area contributed by atoms with E-state index in [9.17, 15) is 0 Å². The molecular weight excluding hydrogens is 290 g/mol.